The summed E-state index contributed by atoms with van der Waals surface area (Å²) in [5.74, 6) is 0. The number of halogens is 1. The molecule has 0 amide bonds. The van der Waals surface area contributed by atoms with Crippen LogP contribution < -0.4 is 0 Å². The molecule has 1 rings (SSSR count). The Balaban J connectivity index is 2.59. The Hall–Kier alpha value is -0.340. The lowest BCUT2D eigenvalue weighted by molar-refractivity contribution is -0.125. The first-order valence-corrected chi connectivity index (χ1v) is 4.00. The normalized spacial score (nSPS) is 30.3. The zero-order valence-electron chi connectivity index (χ0n) is 6.31. The minimum absolute atomic E-state index is 0.443. The fourth-order valence-corrected chi connectivity index (χ4v) is 1.54. The zero-order valence-corrected chi connectivity index (χ0v) is 7.06. The molecule has 0 radical (unpaired) electrons. The van der Waals surface area contributed by atoms with E-state index in [4.69, 9.17) is 16.3 Å². The van der Waals surface area contributed by atoms with Crippen molar-refractivity contribution in [1.82, 2.24) is 0 Å². The molecule has 0 aliphatic carbocycles. The second kappa shape index (κ2) is 3.37. The average Bonchev–Trinajstić information content (AvgIpc) is 2.36. The van der Waals surface area contributed by atoms with E-state index in [1.807, 2.05) is 0 Å². The number of ether oxygens (including phenoxy) is 1. The summed E-state index contributed by atoms with van der Waals surface area (Å²) in [6.07, 6.45) is 2.98. The van der Waals surface area contributed by atoms with Crippen molar-refractivity contribution < 1.29 is 9.53 Å². The summed E-state index contributed by atoms with van der Waals surface area (Å²) in [6, 6.07) is 0. The number of carbonyl (C=O) groups excluding carboxylic acids is 1. The molecule has 11 heavy (non-hydrogen) atoms. The van der Waals surface area contributed by atoms with Gasteiger partial charge in [-0.1, -0.05) is 18.2 Å². The molecular formula is C8H11ClO2. The molecule has 1 unspecified atom stereocenters. The number of hydrogen-bond donors (Lipinski definition) is 0. The fourth-order valence-electron chi connectivity index (χ4n) is 1.32. The van der Waals surface area contributed by atoms with E-state index in [1.54, 1.807) is 0 Å². The van der Waals surface area contributed by atoms with Crippen molar-refractivity contribution in [2.75, 3.05) is 6.61 Å². The predicted octanol–water partition coefficient (Wildman–Crippen LogP) is 1.88. The van der Waals surface area contributed by atoms with Crippen molar-refractivity contribution >= 4 is 17.9 Å². The molecule has 0 aromatic heterocycles. The van der Waals surface area contributed by atoms with Crippen molar-refractivity contribution in [2.24, 2.45) is 0 Å². The molecule has 0 N–H and O–H groups in total. The molecule has 1 fully saturated rings. The van der Waals surface area contributed by atoms with Gasteiger partial charge in [0.05, 0.1) is 0 Å². The summed E-state index contributed by atoms with van der Waals surface area (Å²) in [5.41, 5.74) is -0.654. The maximum Gasteiger partial charge on any atom is 0.152 e. The van der Waals surface area contributed by atoms with E-state index >= 15 is 0 Å². The topological polar surface area (TPSA) is 26.3 Å². The molecule has 2 nitrogen and oxygen atoms in total. The van der Waals surface area contributed by atoms with Gasteiger partial charge >= 0.3 is 0 Å². The highest BCUT2D eigenvalue weighted by Crippen LogP contribution is 2.30. The van der Waals surface area contributed by atoms with Crippen LogP contribution in [0.4, 0.5) is 0 Å². The van der Waals surface area contributed by atoms with E-state index < -0.39 is 5.60 Å². The van der Waals surface area contributed by atoms with Crippen molar-refractivity contribution in [2.45, 2.75) is 24.9 Å². The Morgan fingerprint density at radius 2 is 2.55 bits per heavy atom. The summed E-state index contributed by atoms with van der Waals surface area (Å²) < 4.78 is 5.29. The lowest BCUT2D eigenvalue weighted by Crippen LogP contribution is -2.29. The van der Waals surface area contributed by atoms with Gasteiger partial charge in [0.1, 0.15) is 5.60 Å². The summed E-state index contributed by atoms with van der Waals surface area (Å²) in [4.78, 5) is 10.6. The second-order valence-electron chi connectivity index (χ2n) is 2.83. The van der Waals surface area contributed by atoms with Crippen LogP contribution in [0.1, 0.15) is 19.3 Å². The Labute approximate surface area is 71.2 Å². The third-order valence-electron chi connectivity index (χ3n) is 1.84. The van der Waals surface area contributed by atoms with Crippen molar-refractivity contribution in [3.05, 3.63) is 11.6 Å². The van der Waals surface area contributed by atoms with Gasteiger partial charge in [-0.3, -0.25) is 0 Å². The highest BCUT2D eigenvalue weighted by atomic mass is 35.5. The number of hydrogen-bond acceptors (Lipinski definition) is 2. The van der Waals surface area contributed by atoms with E-state index in [9.17, 15) is 4.79 Å². The molecule has 3 heteroatoms. The van der Waals surface area contributed by atoms with Crippen LogP contribution in [0.25, 0.3) is 0 Å². The quantitative estimate of drug-likeness (QED) is 0.611. The van der Waals surface area contributed by atoms with Gasteiger partial charge < -0.3 is 9.53 Å². The molecule has 0 spiro atoms. The molecule has 1 atom stereocenters. The van der Waals surface area contributed by atoms with Crippen LogP contribution in [0.15, 0.2) is 11.6 Å². The SMILES string of the molecule is C=C(Cl)CC1(C=O)CCCO1. The summed E-state index contributed by atoms with van der Waals surface area (Å²) >= 11 is 5.59. The monoisotopic (exact) mass is 174 g/mol. The number of aldehydes is 1. The van der Waals surface area contributed by atoms with Crippen LogP contribution in [0, 0.1) is 0 Å². The van der Waals surface area contributed by atoms with Crippen molar-refractivity contribution in [3.8, 4) is 0 Å². The third-order valence-corrected chi connectivity index (χ3v) is 1.97. The van der Waals surface area contributed by atoms with Crippen LogP contribution in [-0.4, -0.2) is 18.5 Å². The van der Waals surface area contributed by atoms with Gasteiger partial charge in [0, 0.05) is 18.1 Å². The molecule has 62 valence electrons. The van der Waals surface area contributed by atoms with Gasteiger partial charge in [0.2, 0.25) is 0 Å². The minimum Gasteiger partial charge on any atom is -0.367 e. The molecular weight excluding hydrogens is 164 g/mol. The van der Waals surface area contributed by atoms with Crippen LogP contribution in [0.2, 0.25) is 0 Å². The summed E-state index contributed by atoms with van der Waals surface area (Å²) in [5, 5.41) is 0.485. The average molecular weight is 175 g/mol. The molecule has 0 aromatic carbocycles. The predicted molar refractivity (Wildman–Crippen MR) is 43.6 cm³/mol. The van der Waals surface area contributed by atoms with E-state index in [0.717, 1.165) is 19.1 Å². The summed E-state index contributed by atoms with van der Waals surface area (Å²) in [7, 11) is 0. The number of carbonyl (C=O) groups is 1. The number of rotatable bonds is 3. The first-order valence-electron chi connectivity index (χ1n) is 3.62. The van der Waals surface area contributed by atoms with Gasteiger partial charge in [-0.25, -0.2) is 0 Å². The Kier molecular flexibility index (Phi) is 2.68. The van der Waals surface area contributed by atoms with Gasteiger partial charge in [0.25, 0.3) is 0 Å². The molecule has 0 aromatic rings. The van der Waals surface area contributed by atoms with E-state index in [0.29, 0.717) is 18.1 Å². The van der Waals surface area contributed by atoms with Crippen LogP contribution in [0.5, 0.6) is 0 Å². The van der Waals surface area contributed by atoms with Crippen molar-refractivity contribution in [3.63, 3.8) is 0 Å². The standard InChI is InChI=1S/C8H11ClO2/c1-7(9)5-8(6-10)3-2-4-11-8/h6H,1-5H2. The first-order chi connectivity index (χ1) is 5.18. The zero-order chi connectivity index (χ0) is 8.32. The lowest BCUT2D eigenvalue weighted by Gasteiger charge is -2.19. The van der Waals surface area contributed by atoms with Crippen LogP contribution >= 0.6 is 11.6 Å². The molecule has 1 saturated heterocycles. The Morgan fingerprint density at radius 1 is 1.82 bits per heavy atom. The highest BCUT2D eigenvalue weighted by Gasteiger charge is 2.34. The van der Waals surface area contributed by atoms with Gasteiger partial charge in [-0.15, -0.1) is 0 Å². The van der Waals surface area contributed by atoms with Crippen LogP contribution in [0.3, 0.4) is 0 Å². The third kappa shape index (κ3) is 2.04. The van der Waals surface area contributed by atoms with Crippen molar-refractivity contribution in [1.29, 1.82) is 0 Å². The molecule has 1 heterocycles. The molecule has 1 aliphatic heterocycles. The summed E-state index contributed by atoms with van der Waals surface area (Å²) in [6.45, 7) is 4.19. The minimum atomic E-state index is -0.654. The maximum absolute atomic E-state index is 10.6. The smallest absolute Gasteiger partial charge is 0.152 e. The molecule has 0 saturated carbocycles. The Bertz CT molecular complexity index is 171. The van der Waals surface area contributed by atoms with E-state index in [-0.39, 0.29) is 0 Å². The molecule has 0 bridgehead atoms. The van der Waals surface area contributed by atoms with Gasteiger partial charge in [-0.2, -0.15) is 0 Å². The highest BCUT2D eigenvalue weighted by molar-refractivity contribution is 6.29. The lowest BCUT2D eigenvalue weighted by atomic mass is 9.98. The van der Waals surface area contributed by atoms with Crippen LogP contribution in [-0.2, 0) is 9.53 Å². The molecule has 1 aliphatic rings. The Morgan fingerprint density at radius 3 is 2.91 bits per heavy atom. The van der Waals surface area contributed by atoms with Gasteiger partial charge in [0.15, 0.2) is 6.29 Å². The maximum atomic E-state index is 10.6. The second-order valence-corrected chi connectivity index (χ2v) is 3.36. The fraction of sp³-hybridized carbons (Fsp3) is 0.625. The first kappa shape index (κ1) is 8.75. The van der Waals surface area contributed by atoms with E-state index in [1.165, 1.54) is 0 Å². The van der Waals surface area contributed by atoms with E-state index in [2.05, 4.69) is 6.58 Å². The van der Waals surface area contributed by atoms with Gasteiger partial charge in [-0.05, 0) is 12.8 Å². The largest absolute Gasteiger partial charge is 0.367 e.